The van der Waals surface area contributed by atoms with Gasteiger partial charge in [0.25, 0.3) is 0 Å². The highest BCUT2D eigenvalue weighted by molar-refractivity contribution is 5.90. The highest BCUT2D eigenvalue weighted by atomic mass is 16.5. The largest absolute Gasteiger partial charge is 0.481 e. The van der Waals surface area contributed by atoms with Crippen LogP contribution in [0, 0.1) is 0 Å². The number of para-hydroxylation sites is 2. The number of hydrogen-bond donors (Lipinski definition) is 1. The summed E-state index contributed by atoms with van der Waals surface area (Å²) in [5, 5.41) is 3.60. The van der Waals surface area contributed by atoms with Gasteiger partial charge in [-0.1, -0.05) is 42.5 Å². The Morgan fingerprint density at radius 2 is 1.79 bits per heavy atom. The van der Waals surface area contributed by atoms with E-state index in [0.717, 1.165) is 18.1 Å². The highest BCUT2D eigenvalue weighted by Crippen LogP contribution is 2.43. The number of ether oxygens (including phenoxy) is 1. The standard InChI is InChI=1S/C20H23N3O/c1-3-23-16-13-9-8-12-15(16)21-19-18(23)17(20(22-19)24-4-2)14-10-6-5-7-11-14/h5-13,17-19,21H,3-4H2,1-2H3/t17-,18-,19-/m0/s1. The molecule has 0 aromatic heterocycles. The summed E-state index contributed by atoms with van der Waals surface area (Å²) in [5.41, 5.74) is 3.65. The summed E-state index contributed by atoms with van der Waals surface area (Å²) < 4.78 is 5.94. The Kier molecular flexibility index (Phi) is 3.89. The van der Waals surface area contributed by atoms with Gasteiger partial charge < -0.3 is 15.0 Å². The van der Waals surface area contributed by atoms with Gasteiger partial charge in [-0.15, -0.1) is 0 Å². The van der Waals surface area contributed by atoms with Crippen LogP contribution in [0.4, 0.5) is 11.4 Å². The minimum Gasteiger partial charge on any atom is -0.481 e. The molecule has 2 aromatic carbocycles. The van der Waals surface area contributed by atoms with E-state index in [9.17, 15) is 0 Å². The van der Waals surface area contributed by atoms with Crippen LogP contribution in [-0.2, 0) is 4.74 Å². The molecule has 124 valence electrons. The maximum absolute atomic E-state index is 5.94. The molecule has 4 nitrogen and oxygen atoms in total. The van der Waals surface area contributed by atoms with Crippen molar-refractivity contribution in [3.63, 3.8) is 0 Å². The summed E-state index contributed by atoms with van der Waals surface area (Å²) in [6.45, 7) is 5.81. The molecule has 24 heavy (non-hydrogen) atoms. The van der Waals surface area contributed by atoms with Crippen molar-refractivity contribution in [2.45, 2.75) is 32.0 Å². The predicted molar refractivity (Wildman–Crippen MR) is 98.9 cm³/mol. The number of benzene rings is 2. The van der Waals surface area contributed by atoms with Crippen molar-refractivity contribution < 1.29 is 4.74 Å². The van der Waals surface area contributed by atoms with Crippen LogP contribution < -0.4 is 10.2 Å². The molecule has 1 N–H and O–H groups in total. The second kappa shape index (κ2) is 6.19. The predicted octanol–water partition coefficient (Wildman–Crippen LogP) is 3.87. The van der Waals surface area contributed by atoms with Gasteiger partial charge in [-0.3, -0.25) is 0 Å². The Hall–Kier alpha value is -2.49. The number of likely N-dealkylation sites (N-methyl/N-ethyl adjacent to an activating group) is 1. The first-order valence-electron chi connectivity index (χ1n) is 8.71. The Morgan fingerprint density at radius 1 is 1.04 bits per heavy atom. The topological polar surface area (TPSA) is 36.9 Å². The summed E-state index contributed by atoms with van der Waals surface area (Å²) in [6.07, 6.45) is 0.0200. The maximum Gasteiger partial charge on any atom is 0.195 e. The summed E-state index contributed by atoms with van der Waals surface area (Å²) in [7, 11) is 0. The van der Waals surface area contributed by atoms with Gasteiger partial charge in [0.2, 0.25) is 0 Å². The normalized spacial score (nSPS) is 24.7. The first-order chi connectivity index (χ1) is 11.8. The summed E-state index contributed by atoms with van der Waals surface area (Å²) in [4.78, 5) is 7.36. The van der Waals surface area contributed by atoms with Crippen LogP contribution in [0.5, 0.6) is 0 Å². The second-order valence-corrected chi connectivity index (χ2v) is 6.17. The minimum absolute atomic E-state index is 0.0200. The third-order valence-corrected chi connectivity index (χ3v) is 4.87. The van der Waals surface area contributed by atoms with Crippen LogP contribution in [0.2, 0.25) is 0 Å². The van der Waals surface area contributed by atoms with Crippen molar-refractivity contribution in [3.8, 4) is 0 Å². The Bertz CT molecular complexity index is 744. The molecular weight excluding hydrogens is 298 g/mol. The van der Waals surface area contributed by atoms with Crippen molar-refractivity contribution in [3.05, 3.63) is 60.2 Å². The molecule has 0 amide bonds. The molecule has 2 aromatic rings. The Morgan fingerprint density at radius 3 is 2.54 bits per heavy atom. The van der Waals surface area contributed by atoms with E-state index >= 15 is 0 Å². The molecule has 3 atom stereocenters. The van der Waals surface area contributed by atoms with E-state index in [1.165, 1.54) is 11.3 Å². The van der Waals surface area contributed by atoms with E-state index in [4.69, 9.17) is 9.73 Å². The molecule has 2 heterocycles. The smallest absolute Gasteiger partial charge is 0.195 e. The molecule has 0 unspecified atom stereocenters. The number of nitrogens with one attached hydrogen (secondary N) is 1. The lowest BCUT2D eigenvalue weighted by Gasteiger charge is -2.42. The lowest BCUT2D eigenvalue weighted by molar-refractivity contribution is 0.313. The molecule has 0 saturated carbocycles. The van der Waals surface area contributed by atoms with Crippen molar-refractivity contribution in [2.24, 2.45) is 4.99 Å². The second-order valence-electron chi connectivity index (χ2n) is 6.17. The van der Waals surface area contributed by atoms with E-state index in [0.29, 0.717) is 6.61 Å². The average molecular weight is 321 g/mol. The van der Waals surface area contributed by atoms with E-state index < -0.39 is 0 Å². The maximum atomic E-state index is 5.94. The molecule has 0 spiro atoms. The molecule has 0 fully saturated rings. The fraction of sp³-hybridized carbons (Fsp3) is 0.350. The van der Waals surface area contributed by atoms with Gasteiger partial charge in [-0.25, -0.2) is 4.99 Å². The Balaban J connectivity index is 1.80. The molecule has 0 radical (unpaired) electrons. The molecule has 4 rings (SSSR count). The van der Waals surface area contributed by atoms with Crippen LogP contribution in [0.25, 0.3) is 0 Å². The lowest BCUT2D eigenvalue weighted by Crippen LogP contribution is -2.51. The quantitative estimate of drug-likeness (QED) is 0.932. The molecule has 2 aliphatic rings. The monoisotopic (exact) mass is 321 g/mol. The fourth-order valence-electron chi connectivity index (χ4n) is 3.91. The third-order valence-electron chi connectivity index (χ3n) is 4.87. The van der Waals surface area contributed by atoms with Crippen LogP contribution in [-0.4, -0.2) is 31.3 Å². The van der Waals surface area contributed by atoms with Crippen molar-refractivity contribution >= 4 is 17.3 Å². The Labute approximate surface area is 143 Å². The number of nitrogens with zero attached hydrogens (tertiary/aromatic N) is 2. The number of rotatable bonds is 3. The summed E-state index contributed by atoms with van der Waals surface area (Å²) >= 11 is 0. The van der Waals surface area contributed by atoms with Gasteiger partial charge in [-0.2, -0.15) is 0 Å². The average Bonchev–Trinajstić information content (AvgIpc) is 2.98. The van der Waals surface area contributed by atoms with Crippen molar-refractivity contribution in [1.29, 1.82) is 0 Å². The fourth-order valence-corrected chi connectivity index (χ4v) is 3.91. The number of aliphatic imine (C=N–C) groups is 1. The lowest BCUT2D eigenvalue weighted by atomic mass is 9.89. The number of fused-ring (bicyclic) bond motifs is 2. The minimum atomic E-state index is 0.0200. The van der Waals surface area contributed by atoms with Gasteiger partial charge in [0, 0.05) is 6.54 Å². The zero-order valence-electron chi connectivity index (χ0n) is 14.1. The van der Waals surface area contributed by atoms with E-state index in [-0.39, 0.29) is 18.1 Å². The molecule has 0 bridgehead atoms. The molecule has 0 saturated heterocycles. The van der Waals surface area contributed by atoms with E-state index in [1.807, 2.05) is 6.92 Å². The zero-order chi connectivity index (χ0) is 16.5. The van der Waals surface area contributed by atoms with Gasteiger partial charge in [0.05, 0.1) is 29.9 Å². The van der Waals surface area contributed by atoms with Gasteiger partial charge in [0.15, 0.2) is 5.90 Å². The van der Waals surface area contributed by atoms with Crippen molar-refractivity contribution in [1.82, 2.24) is 0 Å². The molecular formula is C20H23N3O. The highest BCUT2D eigenvalue weighted by Gasteiger charge is 2.47. The van der Waals surface area contributed by atoms with Gasteiger partial charge in [-0.05, 0) is 31.5 Å². The zero-order valence-corrected chi connectivity index (χ0v) is 14.1. The SMILES string of the molecule is CCOC1=N[C@@H]2Nc3ccccc3N(CC)[C@H]2[C@@H]1c1ccccc1. The van der Waals surface area contributed by atoms with Crippen LogP contribution >= 0.6 is 0 Å². The first kappa shape index (κ1) is 15.1. The summed E-state index contributed by atoms with van der Waals surface area (Å²) in [6, 6.07) is 19.3. The van der Waals surface area contributed by atoms with Crippen molar-refractivity contribution in [2.75, 3.05) is 23.4 Å². The van der Waals surface area contributed by atoms with Crippen LogP contribution in [0.3, 0.4) is 0 Å². The van der Waals surface area contributed by atoms with E-state index in [1.54, 1.807) is 0 Å². The van der Waals surface area contributed by atoms with E-state index in [2.05, 4.69) is 71.7 Å². The third kappa shape index (κ3) is 2.33. The van der Waals surface area contributed by atoms with Crippen LogP contribution in [0.15, 0.2) is 59.6 Å². The number of anilines is 2. The molecule has 4 heteroatoms. The van der Waals surface area contributed by atoms with Gasteiger partial charge in [0.1, 0.15) is 6.17 Å². The number of hydrogen-bond acceptors (Lipinski definition) is 4. The first-order valence-corrected chi connectivity index (χ1v) is 8.71. The molecule has 0 aliphatic carbocycles. The van der Waals surface area contributed by atoms with Gasteiger partial charge >= 0.3 is 0 Å². The summed E-state index contributed by atoms with van der Waals surface area (Å²) in [5.74, 6) is 0.995. The molecule has 2 aliphatic heterocycles. The van der Waals surface area contributed by atoms with Crippen LogP contribution in [0.1, 0.15) is 25.3 Å².